The molecule has 2 nitrogen and oxygen atoms in total. The second kappa shape index (κ2) is 8.36. The molecule has 3 heteroatoms. The lowest BCUT2D eigenvalue weighted by Gasteiger charge is -2.25. The third-order valence-corrected chi connectivity index (χ3v) is 5.91. The Bertz CT molecular complexity index is 1200. The molecular weight excluding hydrogens is 384 g/mol. The minimum Gasteiger partial charge on any atom is -0.311 e. The Hall–Kier alpha value is -3.69. The monoisotopic (exact) mass is 404 g/mol. The topological polar surface area (TPSA) is 16.1 Å². The van der Waals surface area contributed by atoms with Gasteiger partial charge in [-0.1, -0.05) is 66.7 Å². The maximum atomic E-state index is 4.68. The van der Waals surface area contributed by atoms with Crippen LogP contribution in [0.1, 0.15) is 10.6 Å². The maximum Gasteiger partial charge on any atom is 0.117 e. The minimum atomic E-state index is 1.02. The Labute approximate surface area is 180 Å². The highest BCUT2D eigenvalue weighted by atomic mass is 32.1. The molecule has 0 amide bonds. The molecular formula is C27H20N2S. The average molecular weight is 405 g/mol. The summed E-state index contributed by atoms with van der Waals surface area (Å²) < 4.78 is 1.22. The van der Waals surface area contributed by atoms with E-state index in [0.717, 1.165) is 33.1 Å². The Balaban J connectivity index is 1.43. The lowest BCUT2D eigenvalue weighted by Crippen LogP contribution is -2.09. The first kappa shape index (κ1) is 18.3. The van der Waals surface area contributed by atoms with Crippen molar-refractivity contribution in [1.82, 2.24) is 4.98 Å². The Morgan fingerprint density at radius 3 is 1.77 bits per heavy atom. The predicted molar refractivity (Wildman–Crippen MR) is 130 cm³/mol. The number of rotatable bonds is 5. The summed E-state index contributed by atoms with van der Waals surface area (Å²) >= 11 is 1.71. The molecule has 0 spiro atoms. The molecule has 0 fully saturated rings. The van der Waals surface area contributed by atoms with Crippen molar-refractivity contribution in [3.05, 3.63) is 120 Å². The first-order valence-corrected chi connectivity index (χ1v) is 10.7. The number of para-hydroxylation sites is 3. The molecule has 0 aliphatic heterocycles. The molecule has 1 heterocycles. The summed E-state index contributed by atoms with van der Waals surface area (Å²) in [5, 5.41) is 1.02. The van der Waals surface area contributed by atoms with E-state index >= 15 is 0 Å². The van der Waals surface area contributed by atoms with Gasteiger partial charge >= 0.3 is 0 Å². The first-order chi connectivity index (χ1) is 14.9. The summed E-state index contributed by atoms with van der Waals surface area (Å²) in [5.41, 5.74) is 5.62. The van der Waals surface area contributed by atoms with E-state index in [0.29, 0.717) is 0 Å². The van der Waals surface area contributed by atoms with Gasteiger partial charge < -0.3 is 4.90 Å². The molecule has 5 aromatic rings. The van der Waals surface area contributed by atoms with Gasteiger partial charge in [-0.25, -0.2) is 4.98 Å². The van der Waals surface area contributed by atoms with Crippen molar-refractivity contribution in [2.75, 3.05) is 4.90 Å². The molecule has 30 heavy (non-hydrogen) atoms. The number of fused-ring (bicyclic) bond motifs is 1. The van der Waals surface area contributed by atoms with Crippen molar-refractivity contribution >= 4 is 50.8 Å². The zero-order valence-corrected chi connectivity index (χ0v) is 17.2. The van der Waals surface area contributed by atoms with Gasteiger partial charge in [0.05, 0.1) is 10.2 Å². The third kappa shape index (κ3) is 3.88. The molecule has 0 bridgehead atoms. The molecule has 0 aliphatic rings. The van der Waals surface area contributed by atoms with E-state index in [2.05, 4.69) is 113 Å². The highest BCUT2D eigenvalue weighted by Gasteiger charge is 2.11. The van der Waals surface area contributed by atoms with E-state index in [-0.39, 0.29) is 0 Å². The van der Waals surface area contributed by atoms with Crippen molar-refractivity contribution < 1.29 is 0 Å². The fourth-order valence-electron chi connectivity index (χ4n) is 3.46. The Morgan fingerprint density at radius 2 is 1.13 bits per heavy atom. The van der Waals surface area contributed by atoms with E-state index in [4.69, 9.17) is 0 Å². The van der Waals surface area contributed by atoms with Crippen molar-refractivity contribution in [2.45, 2.75) is 0 Å². The molecule has 0 saturated heterocycles. The van der Waals surface area contributed by atoms with E-state index in [9.17, 15) is 0 Å². The largest absolute Gasteiger partial charge is 0.311 e. The number of benzene rings is 4. The van der Waals surface area contributed by atoms with Crippen molar-refractivity contribution in [3.63, 3.8) is 0 Å². The standard InChI is InChI=1S/C27H20N2S/c1-3-9-22(10-4-1)29(23-11-5-2-6-12-23)24-18-15-21(16-19-24)17-20-27-28-25-13-7-8-14-26(25)30-27/h1-20H/b20-17+. The average Bonchev–Trinajstić information content (AvgIpc) is 3.23. The zero-order chi connectivity index (χ0) is 20.2. The third-order valence-electron chi connectivity index (χ3n) is 4.91. The molecule has 0 aliphatic carbocycles. The smallest absolute Gasteiger partial charge is 0.117 e. The quantitative estimate of drug-likeness (QED) is 0.295. The van der Waals surface area contributed by atoms with Gasteiger partial charge in [-0.2, -0.15) is 0 Å². The van der Waals surface area contributed by atoms with Gasteiger partial charge in [0.15, 0.2) is 0 Å². The molecule has 5 rings (SSSR count). The molecule has 0 N–H and O–H groups in total. The summed E-state index contributed by atoms with van der Waals surface area (Å²) in [5.74, 6) is 0. The van der Waals surface area contributed by atoms with Crippen LogP contribution in [0.15, 0.2) is 109 Å². The lowest BCUT2D eigenvalue weighted by molar-refractivity contribution is 1.28. The number of hydrogen-bond donors (Lipinski definition) is 0. The Morgan fingerprint density at radius 1 is 0.567 bits per heavy atom. The zero-order valence-electron chi connectivity index (χ0n) is 16.3. The van der Waals surface area contributed by atoms with Gasteiger partial charge in [-0.3, -0.25) is 0 Å². The minimum absolute atomic E-state index is 1.02. The molecule has 0 atom stereocenters. The van der Waals surface area contributed by atoms with E-state index in [1.54, 1.807) is 11.3 Å². The number of thiazole rings is 1. The molecule has 1 aromatic heterocycles. The van der Waals surface area contributed by atoms with Gasteiger partial charge in [0, 0.05) is 17.1 Å². The number of hydrogen-bond acceptors (Lipinski definition) is 3. The number of nitrogens with zero attached hydrogens (tertiary/aromatic N) is 2. The summed E-state index contributed by atoms with van der Waals surface area (Å²) in [6, 6.07) is 37.8. The van der Waals surface area contributed by atoms with Crippen LogP contribution in [-0.4, -0.2) is 4.98 Å². The molecule has 4 aromatic carbocycles. The molecule has 0 saturated carbocycles. The van der Waals surface area contributed by atoms with E-state index in [1.807, 2.05) is 18.2 Å². The highest BCUT2D eigenvalue weighted by molar-refractivity contribution is 7.19. The van der Waals surface area contributed by atoms with Crippen LogP contribution in [0.4, 0.5) is 17.1 Å². The van der Waals surface area contributed by atoms with Crippen LogP contribution < -0.4 is 4.90 Å². The summed E-state index contributed by atoms with van der Waals surface area (Å²) in [6.45, 7) is 0. The van der Waals surface area contributed by atoms with E-state index < -0.39 is 0 Å². The van der Waals surface area contributed by atoms with Crippen LogP contribution in [0, 0.1) is 0 Å². The van der Waals surface area contributed by atoms with Gasteiger partial charge in [0.1, 0.15) is 5.01 Å². The van der Waals surface area contributed by atoms with Gasteiger partial charge in [0.2, 0.25) is 0 Å². The molecule has 144 valence electrons. The predicted octanol–water partition coefficient (Wildman–Crippen LogP) is 7.94. The van der Waals surface area contributed by atoms with Gasteiger partial charge in [-0.15, -0.1) is 11.3 Å². The summed E-state index contributed by atoms with van der Waals surface area (Å²) in [6.07, 6.45) is 4.21. The van der Waals surface area contributed by atoms with Crippen LogP contribution in [0.3, 0.4) is 0 Å². The molecule has 0 radical (unpaired) electrons. The van der Waals surface area contributed by atoms with Crippen LogP contribution >= 0.6 is 11.3 Å². The van der Waals surface area contributed by atoms with Crippen molar-refractivity contribution in [1.29, 1.82) is 0 Å². The number of anilines is 3. The van der Waals surface area contributed by atoms with Crippen molar-refractivity contribution in [3.8, 4) is 0 Å². The first-order valence-electron chi connectivity index (χ1n) is 9.91. The van der Waals surface area contributed by atoms with Crippen LogP contribution in [0.25, 0.3) is 22.4 Å². The number of aromatic nitrogens is 1. The summed E-state index contributed by atoms with van der Waals surface area (Å²) in [4.78, 5) is 6.94. The Kier molecular flexibility index (Phi) is 5.11. The fraction of sp³-hybridized carbons (Fsp3) is 0. The SMILES string of the molecule is C(=C\c1nc2ccccc2s1)/c1ccc(N(c2ccccc2)c2ccccc2)cc1. The highest BCUT2D eigenvalue weighted by Crippen LogP contribution is 2.34. The maximum absolute atomic E-state index is 4.68. The van der Waals surface area contributed by atoms with Gasteiger partial charge in [-0.05, 0) is 60.2 Å². The molecule has 0 unspecified atom stereocenters. The van der Waals surface area contributed by atoms with Crippen LogP contribution in [0.5, 0.6) is 0 Å². The summed E-state index contributed by atoms with van der Waals surface area (Å²) in [7, 11) is 0. The van der Waals surface area contributed by atoms with E-state index in [1.165, 1.54) is 4.70 Å². The lowest BCUT2D eigenvalue weighted by atomic mass is 10.1. The normalized spacial score (nSPS) is 11.2. The van der Waals surface area contributed by atoms with Crippen LogP contribution in [-0.2, 0) is 0 Å². The second-order valence-electron chi connectivity index (χ2n) is 6.95. The van der Waals surface area contributed by atoms with Crippen molar-refractivity contribution in [2.24, 2.45) is 0 Å². The fourth-order valence-corrected chi connectivity index (χ4v) is 4.33. The van der Waals surface area contributed by atoms with Gasteiger partial charge in [0.25, 0.3) is 0 Å². The van der Waals surface area contributed by atoms with Crippen LogP contribution in [0.2, 0.25) is 0 Å². The second-order valence-corrected chi connectivity index (χ2v) is 8.01.